The van der Waals surface area contributed by atoms with Crippen LogP contribution in [0.4, 0.5) is 4.39 Å². The molecule has 0 amide bonds. The lowest BCUT2D eigenvalue weighted by Crippen LogP contribution is -2.47. The highest BCUT2D eigenvalue weighted by atomic mass is 32.2. The standard InChI is InChI=1S/C19H23FN2O2S2/c1-14-12-16(20)2-3-19(14)26(23,24)22-9-4-17(5-10-22)21-8-6-18-15(13-21)7-11-25-18/h2-3,7,11-12,17H,4-6,8-10,13H2,1H3. The molecule has 1 aromatic carbocycles. The Balaban J connectivity index is 1.43. The van der Waals surface area contributed by atoms with E-state index in [4.69, 9.17) is 0 Å². The molecule has 1 fully saturated rings. The molecule has 0 N–H and O–H groups in total. The van der Waals surface area contributed by atoms with Crippen LogP contribution >= 0.6 is 11.3 Å². The molecule has 3 heterocycles. The van der Waals surface area contributed by atoms with E-state index < -0.39 is 15.8 Å². The number of benzene rings is 1. The molecule has 1 aromatic heterocycles. The van der Waals surface area contributed by atoms with Crippen molar-refractivity contribution in [3.63, 3.8) is 0 Å². The molecule has 0 unspecified atom stereocenters. The van der Waals surface area contributed by atoms with Crippen molar-refractivity contribution in [1.29, 1.82) is 0 Å². The first-order valence-corrected chi connectivity index (χ1v) is 11.3. The highest BCUT2D eigenvalue weighted by Crippen LogP contribution is 2.30. The molecular formula is C19H23FN2O2S2. The molecular weight excluding hydrogens is 371 g/mol. The predicted octanol–water partition coefficient (Wildman–Crippen LogP) is 3.41. The van der Waals surface area contributed by atoms with Crippen molar-refractivity contribution in [1.82, 2.24) is 9.21 Å². The Morgan fingerprint density at radius 2 is 1.92 bits per heavy atom. The topological polar surface area (TPSA) is 40.6 Å². The van der Waals surface area contributed by atoms with Gasteiger partial charge in [-0.25, -0.2) is 12.8 Å². The van der Waals surface area contributed by atoms with E-state index in [0.717, 1.165) is 32.4 Å². The molecule has 0 bridgehead atoms. The fraction of sp³-hybridized carbons (Fsp3) is 0.474. The van der Waals surface area contributed by atoms with Crippen LogP contribution in [0.1, 0.15) is 28.8 Å². The van der Waals surface area contributed by atoms with E-state index in [0.29, 0.717) is 24.7 Å². The van der Waals surface area contributed by atoms with Gasteiger partial charge in [-0.05, 0) is 67.0 Å². The molecule has 4 nitrogen and oxygen atoms in total. The van der Waals surface area contributed by atoms with Crippen LogP contribution in [0.3, 0.4) is 0 Å². The smallest absolute Gasteiger partial charge is 0.243 e. The summed E-state index contributed by atoms with van der Waals surface area (Å²) in [5.74, 6) is -0.405. The van der Waals surface area contributed by atoms with Crippen LogP contribution < -0.4 is 0 Å². The first-order chi connectivity index (χ1) is 12.4. The second-order valence-corrected chi connectivity index (χ2v) is 10.0. The van der Waals surface area contributed by atoms with E-state index in [-0.39, 0.29) is 4.90 Å². The quantitative estimate of drug-likeness (QED) is 0.801. The molecule has 0 saturated carbocycles. The van der Waals surface area contributed by atoms with Crippen LogP contribution in [0.2, 0.25) is 0 Å². The van der Waals surface area contributed by atoms with Crippen molar-refractivity contribution >= 4 is 21.4 Å². The highest BCUT2D eigenvalue weighted by Gasteiger charge is 2.33. The largest absolute Gasteiger partial charge is 0.296 e. The van der Waals surface area contributed by atoms with Gasteiger partial charge in [-0.2, -0.15) is 4.31 Å². The van der Waals surface area contributed by atoms with Crippen molar-refractivity contribution in [3.8, 4) is 0 Å². The van der Waals surface area contributed by atoms with Crippen molar-refractivity contribution in [2.24, 2.45) is 0 Å². The number of piperidine rings is 1. The fourth-order valence-electron chi connectivity index (χ4n) is 4.07. The van der Waals surface area contributed by atoms with Crippen LogP contribution in [0.5, 0.6) is 0 Å². The molecule has 4 rings (SSSR count). The third-order valence-corrected chi connectivity index (χ3v) is 8.61. The van der Waals surface area contributed by atoms with Gasteiger partial charge in [0.1, 0.15) is 5.82 Å². The maximum Gasteiger partial charge on any atom is 0.243 e. The fourth-order valence-corrected chi connectivity index (χ4v) is 6.64. The zero-order valence-electron chi connectivity index (χ0n) is 14.8. The Hall–Kier alpha value is -1.28. The van der Waals surface area contributed by atoms with E-state index in [1.165, 1.54) is 28.6 Å². The van der Waals surface area contributed by atoms with Crippen molar-refractivity contribution in [2.75, 3.05) is 19.6 Å². The molecule has 7 heteroatoms. The van der Waals surface area contributed by atoms with Gasteiger partial charge in [-0.3, -0.25) is 4.90 Å². The van der Waals surface area contributed by atoms with E-state index in [2.05, 4.69) is 16.3 Å². The minimum atomic E-state index is -3.55. The summed E-state index contributed by atoms with van der Waals surface area (Å²) in [7, 11) is -3.55. The summed E-state index contributed by atoms with van der Waals surface area (Å²) in [4.78, 5) is 4.22. The van der Waals surface area contributed by atoms with Gasteiger partial charge in [-0.1, -0.05) is 0 Å². The Labute approximate surface area is 158 Å². The summed E-state index contributed by atoms with van der Waals surface area (Å²) in [6.07, 6.45) is 2.79. The number of hydrogen-bond donors (Lipinski definition) is 0. The molecule has 140 valence electrons. The zero-order valence-corrected chi connectivity index (χ0v) is 16.5. The lowest BCUT2D eigenvalue weighted by Gasteiger charge is -2.39. The summed E-state index contributed by atoms with van der Waals surface area (Å²) < 4.78 is 40.7. The molecule has 2 aliphatic heterocycles. The van der Waals surface area contributed by atoms with Crippen molar-refractivity contribution in [3.05, 3.63) is 51.5 Å². The molecule has 0 aliphatic carbocycles. The number of halogens is 1. The zero-order chi connectivity index (χ0) is 18.3. The molecule has 0 atom stereocenters. The first-order valence-electron chi connectivity index (χ1n) is 9.01. The van der Waals surface area contributed by atoms with E-state index in [9.17, 15) is 12.8 Å². The number of hydrogen-bond acceptors (Lipinski definition) is 4. The number of thiophene rings is 1. The van der Waals surface area contributed by atoms with E-state index >= 15 is 0 Å². The maximum atomic E-state index is 13.3. The molecule has 2 aromatic rings. The van der Waals surface area contributed by atoms with Gasteiger partial charge in [0.25, 0.3) is 0 Å². The third kappa shape index (κ3) is 3.33. The summed E-state index contributed by atoms with van der Waals surface area (Å²) in [6.45, 7) is 4.73. The van der Waals surface area contributed by atoms with Crippen LogP contribution in [0.15, 0.2) is 34.5 Å². The van der Waals surface area contributed by atoms with Crippen molar-refractivity contribution in [2.45, 2.75) is 43.7 Å². The van der Waals surface area contributed by atoms with Gasteiger partial charge >= 0.3 is 0 Å². The van der Waals surface area contributed by atoms with Crippen LogP contribution in [-0.4, -0.2) is 43.3 Å². The van der Waals surface area contributed by atoms with Gasteiger partial charge in [0.15, 0.2) is 0 Å². The summed E-state index contributed by atoms with van der Waals surface area (Å²) >= 11 is 1.84. The molecule has 1 saturated heterocycles. The summed E-state index contributed by atoms with van der Waals surface area (Å²) in [5.41, 5.74) is 1.89. The first kappa shape index (κ1) is 18.1. The van der Waals surface area contributed by atoms with Gasteiger partial charge in [-0.15, -0.1) is 11.3 Å². The molecule has 0 spiro atoms. The Morgan fingerprint density at radius 3 is 2.65 bits per heavy atom. The minimum Gasteiger partial charge on any atom is -0.296 e. The van der Waals surface area contributed by atoms with Gasteiger partial charge < -0.3 is 0 Å². The van der Waals surface area contributed by atoms with Crippen molar-refractivity contribution < 1.29 is 12.8 Å². The van der Waals surface area contributed by atoms with Gasteiger partial charge in [0.2, 0.25) is 10.0 Å². The van der Waals surface area contributed by atoms with Gasteiger partial charge in [0, 0.05) is 37.1 Å². The lowest BCUT2D eigenvalue weighted by molar-refractivity contribution is 0.127. The Kier molecular flexibility index (Phi) is 4.90. The van der Waals surface area contributed by atoms with Crippen LogP contribution in [0, 0.1) is 12.7 Å². The molecule has 0 radical (unpaired) electrons. The third-order valence-electron chi connectivity index (χ3n) is 5.53. The molecule has 26 heavy (non-hydrogen) atoms. The monoisotopic (exact) mass is 394 g/mol. The lowest BCUT2D eigenvalue weighted by atomic mass is 10.0. The highest BCUT2D eigenvalue weighted by molar-refractivity contribution is 7.89. The minimum absolute atomic E-state index is 0.221. The average Bonchev–Trinajstić information content (AvgIpc) is 3.09. The number of rotatable bonds is 3. The normalized spacial score (nSPS) is 20.2. The predicted molar refractivity (Wildman–Crippen MR) is 101 cm³/mol. The number of nitrogens with zero attached hydrogens (tertiary/aromatic N) is 2. The number of sulfonamides is 1. The SMILES string of the molecule is Cc1cc(F)ccc1S(=O)(=O)N1CCC(N2CCc3sccc3C2)CC1. The van der Waals surface area contributed by atoms with E-state index in [1.807, 2.05) is 11.3 Å². The van der Waals surface area contributed by atoms with Crippen LogP contribution in [0.25, 0.3) is 0 Å². The van der Waals surface area contributed by atoms with Gasteiger partial charge in [0.05, 0.1) is 4.90 Å². The van der Waals surface area contributed by atoms with Crippen LogP contribution in [-0.2, 0) is 23.0 Å². The number of fused-ring (bicyclic) bond motifs is 1. The summed E-state index contributed by atoms with van der Waals surface area (Å²) in [6, 6.07) is 6.53. The Bertz CT molecular complexity index is 902. The number of aryl methyl sites for hydroxylation is 1. The average molecular weight is 395 g/mol. The van der Waals surface area contributed by atoms with E-state index in [1.54, 1.807) is 11.2 Å². The maximum absolute atomic E-state index is 13.3. The molecule has 2 aliphatic rings. The summed E-state index contributed by atoms with van der Waals surface area (Å²) in [5, 5.41) is 2.16. The second-order valence-electron chi connectivity index (χ2n) is 7.13. The Morgan fingerprint density at radius 1 is 1.15 bits per heavy atom. The second kappa shape index (κ2) is 7.03.